The van der Waals surface area contributed by atoms with Crippen LogP contribution in [0.25, 0.3) is 0 Å². The van der Waals surface area contributed by atoms with Crippen LogP contribution in [0.15, 0.2) is 18.2 Å². The summed E-state index contributed by atoms with van der Waals surface area (Å²) >= 11 is 0. The van der Waals surface area contributed by atoms with Gasteiger partial charge >= 0.3 is 0 Å². The highest BCUT2D eigenvalue weighted by Gasteiger charge is 2.17. The lowest BCUT2D eigenvalue weighted by Gasteiger charge is -2.25. The predicted octanol–water partition coefficient (Wildman–Crippen LogP) is 2.58. The molecule has 16 heavy (non-hydrogen) atoms. The third-order valence-corrected chi connectivity index (χ3v) is 3.13. The lowest BCUT2D eigenvalue weighted by atomic mass is 9.88. The van der Waals surface area contributed by atoms with E-state index in [2.05, 4.69) is 30.4 Å². The third kappa shape index (κ3) is 2.89. The van der Waals surface area contributed by atoms with Crippen molar-refractivity contribution in [3.05, 3.63) is 29.3 Å². The molecule has 0 radical (unpaired) electrons. The highest BCUT2D eigenvalue weighted by Crippen LogP contribution is 2.25. The van der Waals surface area contributed by atoms with E-state index in [1.165, 1.54) is 24.0 Å². The van der Waals surface area contributed by atoms with E-state index >= 15 is 0 Å². The molecule has 2 rings (SSSR count). The van der Waals surface area contributed by atoms with E-state index < -0.39 is 0 Å². The first-order valence-corrected chi connectivity index (χ1v) is 5.72. The first-order chi connectivity index (χ1) is 7.33. The molecular weight excluding hydrogens is 222 g/mol. The Morgan fingerprint density at radius 2 is 2.19 bits per heavy atom. The molecule has 90 valence electrons. The molecule has 2 nitrogen and oxygen atoms in total. The fraction of sp³-hybridized carbons (Fsp3) is 0.538. The van der Waals surface area contributed by atoms with Crippen molar-refractivity contribution in [3.63, 3.8) is 0 Å². The number of nitrogens with one attached hydrogen (secondary N) is 1. The summed E-state index contributed by atoms with van der Waals surface area (Å²) in [5.74, 6) is 0.982. The molecule has 0 aromatic heterocycles. The number of halogens is 1. The molecule has 0 amide bonds. The zero-order chi connectivity index (χ0) is 10.7. The number of hydrogen-bond acceptors (Lipinski definition) is 2. The normalized spacial score (nSPS) is 18.5. The molecule has 0 heterocycles. The first kappa shape index (κ1) is 13.3. The molecule has 0 fully saturated rings. The highest BCUT2D eigenvalue weighted by atomic mass is 35.5. The van der Waals surface area contributed by atoms with E-state index in [-0.39, 0.29) is 12.4 Å². The average Bonchev–Trinajstić information content (AvgIpc) is 2.29. The van der Waals surface area contributed by atoms with Crippen LogP contribution >= 0.6 is 12.4 Å². The number of benzene rings is 1. The summed E-state index contributed by atoms with van der Waals surface area (Å²) in [6, 6.07) is 7.11. The Hall–Kier alpha value is -0.730. The summed E-state index contributed by atoms with van der Waals surface area (Å²) in [5.41, 5.74) is 2.94. The van der Waals surface area contributed by atoms with Gasteiger partial charge in [0.05, 0.1) is 7.11 Å². The SMILES string of the molecule is CCNC1CCc2cc(OC)ccc2C1.Cl. The van der Waals surface area contributed by atoms with Gasteiger partial charge in [-0.25, -0.2) is 0 Å². The smallest absolute Gasteiger partial charge is 0.119 e. The van der Waals surface area contributed by atoms with Crippen molar-refractivity contribution in [3.8, 4) is 5.75 Å². The van der Waals surface area contributed by atoms with Gasteiger partial charge in [0.25, 0.3) is 0 Å². The fourth-order valence-corrected chi connectivity index (χ4v) is 2.32. The summed E-state index contributed by atoms with van der Waals surface area (Å²) < 4.78 is 5.24. The minimum absolute atomic E-state index is 0. The molecule has 1 N–H and O–H groups in total. The molecule has 3 heteroatoms. The van der Waals surface area contributed by atoms with Crippen molar-refractivity contribution in [1.29, 1.82) is 0 Å². The second-order valence-electron chi connectivity index (χ2n) is 4.13. The monoisotopic (exact) mass is 241 g/mol. The van der Waals surface area contributed by atoms with Gasteiger partial charge in [-0.3, -0.25) is 0 Å². The van der Waals surface area contributed by atoms with Gasteiger partial charge in [-0.15, -0.1) is 12.4 Å². The summed E-state index contributed by atoms with van der Waals surface area (Å²) in [4.78, 5) is 0. The van der Waals surface area contributed by atoms with Gasteiger partial charge in [-0.1, -0.05) is 13.0 Å². The van der Waals surface area contributed by atoms with E-state index in [1.54, 1.807) is 7.11 Å². The lowest BCUT2D eigenvalue weighted by molar-refractivity contribution is 0.412. The fourth-order valence-electron chi connectivity index (χ4n) is 2.32. The summed E-state index contributed by atoms with van der Waals surface area (Å²) in [7, 11) is 1.73. The topological polar surface area (TPSA) is 21.3 Å². The molecule has 0 aliphatic heterocycles. The Balaban J connectivity index is 0.00000128. The molecule has 1 aromatic rings. The van der Waals surface area contributed by atoms with E-state index in [0.717, 1.165) is 18.7 Å². The van der Waals surface area contributed by atoms with Crippen LogP contribution in [0, 0.1) is 0 Å². The second-order valence-corrected chi connectivity index (χ2v) is 4.13. The summed E-state index contributed by atoms with van der Waals surface area (Å²) in [6.45, 7) is 3.24. The number of rotatable bonds is 3. The van der Waals surface area contributed by atoms with Crippen LogP contribution in [-0.4, -0.2) is 19.7 Å². The minimum Gasteiger partial charge on any atom is -0.497 e. The Kier molecular flexibility index (Phi) is 5.10. The molecular formula is C13H20ClNO. The van der Waals surface area contributed by atoms with E-state index in [0.29, 0.717) is 6.04 Å². The maximum Gasteiger partial charge on any atom is 0.119 e. The molecule has 1 unspecified atom stereocenters. The molecule has 1 aliphatic carbocycles. The highest BCUT2D eigenvalue weighted by molar-refractivity contribution is 5.85. The minimum atomic E-state index is 0. The van der Waals surface area contributed by atoms with Crippen molar-refractivity contribution in [1.82, 2.24) is 5.32 Å². The van der Waals surface area contributed by atoms with Crippen molar-refractivity contribution < 1.29 is 4.74 Å². The van der Waals surface area contributed by atoms with Crippen molar-refractivity contribution in [2.24, 2.45) is 0 Å². The van der Waals surface area contributed by atoms with E-state index in [1.807, 2.05) is 0 Å². The second kappa shape index (κ2) is 6.12. The van der Waals surface area contributed by atoms with Gasteiger partial charge < -0.3 is 10.1 Å². The number of methoxy groups -OCH3 is 1. The number of ether oxygens (including phenoxy) is 1. The maximum atomic E-state index is 5.24. The average molecular weight is 242 g/mol. The van der Waals surface area contributed by atoms with Crippen LogP contribution in [-0.2, 0) is 12.8 Å². The Labute approximate surface area is 104 Å². The zero-order valence-corrected chi connectivity index (χ0v) is 10.8. The number of likely N-dealkylation sites (N-methyl/N-ethyl adjacent to an activating group) is 1. The molecule has 0 saturated carbocycles. The molecule has 0 saturated heterocycles. The van der Waals surface area contributed by atoms with Gasteiger partial charge in [0.1, 0.15) is 5.75 Å². The van der Waals surface area contributed by atoms with Crippen LogP contribution < -0.4 is 10.1 Å². The summed E-state index contributed by atoms with van der Waals surface area (Å²) in [5, 5.41) is 3.52. The van der Waals surface area contributed by atoms with Crippen LogP contribution in [0.1, 0.15) is 24.5 Å². The molecule has 0 bridgehead atoms. The predicted molar refractivity (Wildman–Crippen MR) is 69.7 cm³/mol. The Bertz CT molecular complexity index is 341. The molecule has 1 aromatic carbocycles. The summed E-state index contributed by atoms with van der Waals surface area (Å²) in [6.07, 6.45) is 3.57. The largest absolute Gasteiger partial charge is 0.497 e. The van der Waals surface area contributed by atoms with E-state index in [9.17, 15) is 0 Å². The first-order valence-electron chi connectivity index (χ1n) is 5.72. The standard InChI is InChI=1S/C13H19NO.ClH/c1-3-14-12-6-4-11-9-13(15-2)7-5-10(11)8-12;/h5,7,9,12,14H,3-4,6,8H2,1-2H3;1H. The van der Waals surface area contributed by atoms with Gasteiger partial charge in [0, 0.05) is 6.04 Å². The lowest BCUT2D eigenvalue weighted by Crippen LogP contribution is -2.34. The molecule has 1 aliphatic rings. The van der Waals surface area contributed by atoms with Crippen LogP contribution in [0.5, 0.6) is 5.75 Å². The maximum absolute atomic E-state index is 5.24. The number of hydrogen-bond donors (Lipinski definition) is 1. The van der Waals surface area contributed by atoms with Crippen molar-refractivity contribution in [2.75, 3.05) is 13.7 Å². The molecule has 0 spiro atoms. The Morgan fingerprint density at radius 1 is 1.38 bits per heavy atom. The van der Waals surface area contributed by atoms with Gasteiger partial charge in [-0.2, -0.15) is 0 Å². The van der Waals surface area contributed by atoms with Gasteiger partial charge in [-0.05, 0) is 49.1 Å². The number of aryl methyl sites for hydroxylation is 1. The quantitative estimate of drug-likeness (QED) is 0.879. The zero-order valence-electron chi connectivity index (χ0n) is 9.95. The number of fused-ring (bicyclic) bond motifs is 1. The van der Waals surface area contributed by atoms with Crippen LogP contribution in [0.2, 0.25) is 0 Å². The Morgan fingerprint density at radius 3 is 2.88 bits per heavy atom. The van der Waals surface area contributed by atoms with E-state index in [4.69, 9.17) is 4.74 Å². The van der Waals surface area contributed by atoms with Gasteiger partial charge in [0.15, 0.2) is 0 Å². The van der Waals surface area contributed by atoms with Gasteiger partial charge in [0.2, 0.25) is 0 Å². The molecule has 1 atom stereocenters. The van der Waals surface area contributed by atoms with Crippen molar-refractivity contribution >= 4 is 12.4 Å². The van der Waals surface area contributed by atoms with Crippen LogP contribution in [0.4, 0.5) is 0 Å². The van der Waals surface area contributed by atoms with Crippen LogP contribution in [0.3, 0.4) is 0 Å². The van der Waals surface area contributed by atoms with Crippen molar-refractivity contribution in [2.45, 2.75) is 32.2 Å². The third-order valence-electron chi connectivity index (χ3n) is 3.13.